The van der Waals surface area contributed by atoms with E-state index in [4.69, 9.17) is 21.1 Å². The normalized spacial score (nSPS) is 19.4. The lowest BCUT2D eigenvalue weighted by atomic mass is 9.71. The first kappa shape index (κ1) is 27.6. The summed E-state index contributed by atoms with van der Waals surface area (Å²) in [6, 6.07) is 11.0. The highest BCUT2D eigenvalue weighted by Gasteiger charge is 2.42. The average molecular weight is 607 g/mol. The molecule has 2 atom stereocenters. The fraction of sp³-hybridized carbons (Fsp3) is 0.357. The molecule has 6 nitrogen and oxygen atoms in total. The number of thioether (sulfide) groups is 1. The zero-order valence-corrected chi connectivity index (χ0v) is 24.1. The lowest BCUT2D eigenvalue weighted by Gasteiger charge is -2.37. The summed E-state index contributed by atoms with van der Waals surface area (Å²) >= 11 is 11.2. The number of hydrogen-bond acceptors (Lipinski definition) is 7. The first-order valence-electron chi connectivity index (χ1n) is 12.1. The van der Waals surface area contributed by atoms with Crippen LogP contribution in [0, 0.1) is 0 Å². The van der Waals surface area contributed by atoms with Crippen LogP contribution in [-0.2, 0) is 14.3 Å². The number of carbonyl (C=O) groups excluding carboxylic acids is 2. The van der Waals surface area contributed by atoms with E-state index in [9.17, 15) is 14.7 Å². The fourth-order valence-corrected chi connectivity index (χ4v) is 6.02. The van der Waals surface area contributed by atoms with Crippen LogP contribution in [0.15, 0.2) is 63.4 Å². The molecule has 0 aromatic heterocycles. The predicted molar refractivity (Wildman–Crippen MR) is 150 cm³/mol. The lowest BCUT2D eigenvalue weighted by Crippen LogP contribution is -2.36. The van der Waals surface area contributed by atoms with Crippen LogP contribution in [0.4, 0.5) is 0 Å². The van der Waals surface area contributed by atoms with E-state index >= 15 is 0 Å². The molecular formula is C28H29BrClNO5S. The third kappa shape index (κ3) is 5.86. The molecule has 2 N–H and O–H groups in total. The quantitative estimate of drug-likeness (QED) is 0.263. The highest BCUT2D eigenvalue weighted by Crippen LogP contribution is 2.48. The van der Waals surface area contributed by atoms with Gasteiger partial charge in [0.25, 0.3) is 0 Å². The van der Waals surface area contributed by atoms with E-state index < -0.39 is 11.9 Å². The van der Waals surface area contributed by atoms with Crippen molar-refractivity contribution in [2.75, 3.05) is 25.2 Å². The predicted octanol–water partition coefficient (Wildman–Crippen LogP) is 6.47. The molecule has 0 fully saturated rings. The second-order valence-corrected chi connectivity index (χ2v) is 11.6. The van der Waals surface area contributed by atoms with Crippen molar-refractivity contribution in [1.82, 2.24) is 5.32 Å². The summed E-state index contributed by atoms with van der Waals surface area (Å²) in [6.07, 6.45) is 0.923. The molecule has 0 radical (unpaired) electrons. The Morgan fingerprint density at radius 1 is 1.22 bits per heavy atom. The SMILES string of the molecule is CCSCCOC(=O)C1=C(C)NC2=C(C(=O)C[C@H](c3ccc(Cl)cc3)C2)[C@H]1c1cc(Br)c(O)c(OC)c1. The molecule has 0 unspecified atom stereocenters. The van der Waals surface area contributed by atoms with Gasteiger partial charge in [-0.15, -0.1) is 0 Å². The van der Waals surface area contributed by atoms with Crippen LogP contribution in [0.5, 0.6) is 11.5 Å². The van der Waals surface area contributed by atoms with Gasteiger partial charge in [0.15, 0.2) is 17.3 Å². The smallest absolute Gasteiger partial charge is 0.336 e. The van der Waals surface area contributed by atoms with Gasteiger partial charge in [-0.25, -0.2) is 4.79 Å². The van der Waals surface area contributed by atoms with Crippen molar-refractivity contribution >= 4 is 51.0 Å². The first-order valence-corrected chi connectivity index (χ1v) is 14.4. The van der Waals surface area contributed by atoms with Gasteiger partial charge in [0, 0.05) is 40.1 Å². The Morgan fingerprint density at radius 2 is 1.95 bits per heavy atom. The van der Waals surface area contributed by atoms with Gasteiger partial charge in [-0.1, -0.05) is 30.7 Å². The molecule has 2 aromatic carbocycles. The molecule has 2 aromatic rings. The molecule has 0 amide bonds. The maximum absolute atomic E-state index is 13.7. The number of benzene rings is 2. The van der Waals surface area contributed by atoms with Crippen LogP contribution >= 0.6 is 39.3 Å². The fourth-order valence-electron chi connectivity index (χ4n) is 4.95. The number of nitrogens with one attached hydrogen (secondary N) is 1. The topological polar surface area (TPSA) is 84.9 Å². The Hall–Kier alpha value is -2.42. The lowest BCUT2D eigenvalue weighted by molar-refractivity contribution is -0.138. The Kier molecular flexibility index (Phi) is 8.93. The summed E-state index contributed by atoms with van der Waals surface area (Å²) in [5.74, 6) is 0.656. The van der Waals surface area contributed by atoms with Crippen LogP contribution in [0.2, 0.25) is 5.02 Å². The maximum Gasteiger partial charge on any atom is 0.336 e. The molecule has 1 aliphatic heterocycles. The molecule has 0 saturated heterocycles. The number of rotatable bonds is 8. The number of phenolic OH excluding ortho intramolecular Hbond substituents is 1. The van der Waals surface area contributed by atoms with Crippen LogP contribution < -0.4 is 10.1 Å². The number of ketones is 1. The van der Waals surface area contributed by atoms with E-state index in [1.54, 1.807) is 23.9 Å². The highest BCUT2D eigenvalue weighted by atomic mass is 79.9. The minimum absolute atomic E-state index is 0.00914. The van der Waals surface area contributed by atoms with Crippen molar-refractivity contribution in [3.63, 3.8) is 0 Å². The van der Waals surface area contributed by atoms with Crippen molar-refractivity contribution < 1.29 is 24.2 Å². The molecule has 0 bridgehead atoms. The summed E-state index contributed by atoms with van der Waals surface area (Å²) in [5, 5.41) is 14.4. The monoisotopic (exact) mass is 605 g/mol. The van der Waals surface area contributed by atoms with Crippen molar-refractivity contribution in [1.29, 1.82) is 0 Å². The summed E-state index contributed by atoms with van der Waals surface area (Å²) < 4.78 is 11.4. The van der Waals surface area contributed by atoms with Crippen LogP contribution in [0.25, 0.3) is 0 Å². The van der Waals surface area contributed by atoms with Crippen LogP contribution in [0.3, 0.4) is 0 Å². The van der Waals surface area contributed by atoms with Gasteiger partial charge in [-0.3, -0.25) is 4.79 Å². The van der Waals surface area contributed by atoms with E-state index in [0.717, 1.165) is 17.0 Å². The molecule has 0 saturated carbocycles. The van der Waals surface area contributed by atoms with Gasteiger partial charge in [0.1, 0.15) is 6.61 Å². The zero-order valence-electron chi connectivity index (χ0n) is 20.9. The average Bonchev–Trinajstić information content (AvgIpc) is 2.87. The Labute approximate surface area is 234 Å². The third-order valence-corrected chi connectivity index (χ3v) is 8.38. The molecule has 9 heteroatoms. The molecule has 1 heterocycles. The van der Waals surface area contributed by atoms with E-state index in [0.29, 0.717) is 50.5 Å². The van der Waals surface area contributed by atoms with Crippen molar-refractivity contribution in [3.8, 4) is 11.5 Å². The number of halogens is 2. The number of carbonyl (C=O) groups is 2. The summed E-state index contributed by atoms with van der Waals surface area (Å²) in [4.78, 5) is 27.1. The van der Waals surface area contributed by atoms with Crippen LogP contribution in [0.1, 0.15) is 49.7 Å². The largest absolute Gasteiger partial charge is 0.503 e. The van der Waals surface area contributed by atoms with Crippen LogP contribution in [-0.4, -0.2) is 42.1 Å². The van der Waals surface area contributed by atoms with E-state index in [1.165, 1.54) is 7.11 Å². The molecule has 0 spiro atoms. The van der Waals surface area contributed by atoms with E-state index in [2.05, 4.69) is 28.2 Å². The van der Waals surface area contributed by atoms with Gasteiger partial charge in [0.05, 0.1) is 17.2 Å². The number of methoxy groups -OCH3 is 1. The number of dihydropyridines is 1. The number of ether oxygens (including phenoxy) is 2. The van der Waals surface area contributed by atoms with Gasteiger partial charge in [-0.2, -0.15) is 11.8 Å². The molecule has 37 heavy (non-hydrogen) atoms. The van der Waals surface area contributed by atoms with Crippen molar-refractivity contribution in [3.05, 3.63) is 79.6 Å². The van der Waals surface area contributed by atoms with Gasteiger partial charge >= 0.3 is 5.97 Å². The minimum Gasteiger partial charge on any atom is -0.503 e. The van der Waals surface area contributed by atoms with Crippen molar-refractivity contribution in [2.45, 2.75) is 38.5 Å². The standard InChI is InChI=1S/C28H29BrClNO5S/c1-4-37-10-9-36-28(34)24-15(2)31-21-12-17(16-5-7-19(30)8-6-16)13-22(32)26(21)25(24)18-11-20(29)27(33)23(14-18)35-3/h5-8,11,14,17,25,31,33H,4,9-10,12-13H2,1-3H3/t17-,25+/m1/s1. The molecular weight excluding hydrogens is 578 g/mol. The number of Topliss-reactive ketones (excluding diaryl/α,β-unsaturated/α-hetero) is 1. The summed E-state index contributed by atoms with van der Waals surface area (Å²) in [6.45, 7) is 4.16. The Bertz CT molecular complexity index is 1270. The molecule has 2 aliphatic rings. The van der Waals surface area contributed by atoms with Gasteiger partial charge < -0.3 is 19.9 Å². The number of esters is 1. The van der Waals surface area contributed by atoms with E-state index in [1.807, 2.05) is 31.2 Å². The molecule has 4 rings (SSSR count). The number of hydrogen-bond donors (Lipinski definition) is 2. The summed E-state index contributed by atoms with van der Waals surface area (Å²) in [7, 11) is 1.46. The third-order valence-electron chi connectivity index (χ3n) is 6.66. The zero-order chi connectivity index (χ0) is 26.7. The summed E-state index contributed by atoms with van der Waals surface area (Å²) in [5.41, 5.74) is 4.06. The van der Waals surface area contributed by atoms with Gasteiger partial charge in [-0.05, 0) is 76.3 Å². The Morgan fingerprint density at radius 3 is 2.62 bits per heavy atom. The Balaban J connectivity index is 1.78. The number of allylic oxidation sites excluding steroid dienone is 3. The second-order valence-electron chi connectivity index (χ2n) is 8.96. The van der Waals surface area contributed by atoms with Gasteiger partial charge in [0.2, 0.25) is 0 Å². The number of aromatic hydroxyl groups is 1. The first-order chi connectivity index (χ1) is 17.7. The molecule has 1 aliphatic carbocycles. The second kappa shape index (κ2) is 12.0. The van der Waals surface area contributed by atoms with Crippen molar-refractivity contribution in [2.24, 2.45) is 0 Å². The minimum atomic E-state index is -0.660. The van der Waals surface area contributed by atoms with E-state index in [-0.39, 0.29) is 29.8 Å². The molecule has 196 valence electrons. The highest BCUT2D eigenvalue weighted by molar-refractivity contribution is 9.10. The number of phenols is 1. The maximum atomic E-state index is 13.7.